The lowest BCUT2D eigenvalue weighted by Gasteiger charge is -2.15. The number of nitrogens with zero attached hydrogens (tertiary/aromatic N) is 1. The number of aromatic amines is 1. The Kier molecular flexibility index (Phi) is 2.82. The van der Waals surface area contributed by atoms with Gasteiger partial charge in [-0.25, -0.2) is 4.98 Å². The fraction of sp³-hybridized carbons (Fsp3) is 0.462. The molecule has 1 aromatic heterocycles. The maximum Gasteiger partial charge on any atom is 0.114 e. The van der Waals surface area contributed by atoms with E-state index in [1.54, 1.807) is 0 Å². The zero-order valence-corrected chi connectivity index (χ0v) is 9.94. The molecule has 1 aliphatic heterocycles. The second kappa shape index (κ2) is 4.47. The highest BCUT2D eigenvalue weighted by Gasteiger charge is 2.31. The summed E-state index contributed by atoms with van der Waals surface area (Å²) in [7, 11) is 0. The molecule has 2 heterocycles. The number of imidazole rings is 1. The van der Waals surface area contributed by atoms with Crippen molar-refractivity contribution < 1.29 is 4.74 Å². The van der Waals surface area contributed by atoms with Crippen LogP contribution in [0.4, 0.5) is 0 Å². The van der Waals surface area contributed by atoms with Crippen LogP contribution in [0.1, 0.15) is 18.7 Å². The molecule has 2 aromatic rings. The molecular weight excluding hydrogens is 214 g/mol. The van der Waals surface area contributed by atoms with Crippen molar-refractivity contribution in [3.8, 4) is 0 Å². The first-order chi connectivity index (χ1) is 8.38. The first-order valence-corrected chi connectivity index (χ1v) is 6.14. The Labute approximate surface area is 100 Å². The number of nitrogens with one attached hydrogen (secondary N) is 2. The minimum Gasteiger partial charge on any atom is -0.379 e. The van der Waals surface area contributed by atoms with Gasteiger partial charge in [-0.1, -0.05) is 19.1 Å². The van der Waals surface area contributed by atoms with Crippen LogP contribution in [0.15, 0.2) is 24.3 Å². The van der Waals surface area contributed by atoms with Crippen molar-refractivity contribution in [1.29, 1.82) is 0 Å². The van der Waals surface area contributed by atoms with Gasteiger partial charge in [-0.05, 0) is 18.7 Å². The number of rotatable bonds is 3. The lowest BCUT2D eigenvalue weighted by Crippen LogP contribution is -2.34. The molecule has 4 nitrogen and oxygen atoms in total. The Hall–Kier alpha value is -1.39. The normalized spacial score (nSPS) is 24.5. The summed E-state index contributed by atoms with van der Waals surface area (Å²) in [5.74, 6) is 1.37. The highest BCUT2D eigenvalue weighted by molar-refractivity contribution is 5.74. The Morgan fingerprint density at radius 1 is 1.41 bits per heavy atom. The summed E-state index contributed by atoms with van der Waals surface area (Å²) in [6.45, 7) is 4.60. The fourth-order valence-electron chi connectivity index (χ4n) is 2.44. The van der Waals surface area contributed by atoms with Gasteiger partial charge in [0.1, 0.15) is 5.82 Å². The van der Waals surface area contributed by atoms with Gasteiger partial charge in [-0.3, -0.25) is 0 Å². The van der Waals surface area contributed by atoms with Gasteiger partial charge < -0.3 is 15.0 Å². The van der Waals surface area contributed by atoms with E-state index in [0.29, 0.717) is 12.0 Å². The molecule has 2 N–H and O–H groups in total. The van der Waals surface area contributed by atoms with Gasteiger partial charge in [0.25, 0.3) is 0 Å². The monoisotopic (exact) mass is 231 g/mol. The third-order valence-electron chi connectivity index (χ3n) is 3.31. The summed E-state index contributed by atoms with van der Waals surface area (Å²) in [6.07, 6.45) is 0. The molecule has 90 valence electrons. The van der Waals surface area contributed by atoms with E-state index in [0.717, 1.165) is 36.6 Å². The van der Waals surface area contributed by atoms with Crippen LogP contribution in [0.3, 0.4) is 0 Å². The number of likely N-dealkylation sites (N-methyl/N-ethyl adjacent to an activating group) is 1. The predicted octanol–water partition coefficient (Wildman–Crippen LogP) is 1.65. The Morgan fingerprint density at radius 2 is 2.29 bits per heavy atom. The van der Waals surface area contributed by atoms with Crippen molar-refractivity contribution in [2.24, 2.45) is 0 Å². The lowest BCUT2D eigenvalue weighted by atomic mass is 10.0. The van der Waals surface area contributed by atoms with Crippen molar-refractivity contribution in [3.63, 3.8) is 0 Å². The smallest absolute Gasteiger partial charge is 0.114 e. The number of aromatic nitrogens is 2. The van der Waals surface area contributed by atoms with Crippen LogP contribution in [0.5, 0.6) is 0 Å². The van der Waals surface area contributed by atoms with Crippen LogP contribution in [0, 0.1) is 0 Å². The van der Waals surface area contributed by atoms with Crippen molar-refractivity contribution in [2.75, 3.05) is 19.8 Å². The lowest BCUT2D eigenvalue weighted by molar-refractivity contribution is 0.187. The number of fused-ring (bicyclic) bond motifs is 1. The van der Waals surface area contributed by atoms with Gasteiger partial charge in [-0.2, -0.15) is 0 Å². The van der Waals surface area contributed by atoms with Gasteiger partial charge in [-0.15, -0.1) is 0 Å². The Balaban J connectivity index is 1.92. The van der Waals surface area contributed by atoms with E-state index in [9.17, 15) is 0 Å². The summed E-state index contributed by atoms with van der Waals surface area (Å²) in [5.41, 5.74) is 2.13. The standard InChI is InChI=1S/C13H17N3O/c1-2-14-12-8-17-7-9(12)13-15-10-5-3-4-6-11(10)16-13/h3-6,9,12,14H,2,7-8H2,1H3,(H,15,16). The van der Waals surface area contributed by atoms with Crippen molar-refractivity contribution in [3.05, 3.63) is 30.1 Å². The molecule has 1 fully saturated rings. The highest BCUT2D eigenvalue weighted by atomic mass is 16.5. The summed E-state index contributed by atoms with van der Waals surface area (Å²) in [4.78, 5) is 8.05. The molecule has 1 saturated heterocycles. The number of ether oxygens (including phenoxy) is 1. The molecule has 17 heavy (non-hydrogen) atoms. The highest BCUT2D eigenvalue weighted by Crippen LogP contribution is 2.25. The van der Waals surface area contributed by atoms with Crippen molar-refractivity contribution >= 4 is 11.0 Å². The van der Waals surface area contributed by atoms with Gasteiger partial charge in [0.2, 0.25) is 0 Å². The molecule has 1 aliphatic rings. The van der Waals surface area contributed by atoms with Crippen LogP contribution < -0.4 is 5.32 Å². The molecular formula is C13H17N3O. The summed E-state index contributed by atoms with van der Waals surface area (Å²) in [6, 6.07) is 8.51. The number of hydrogen-bond acceptors (Lipinski definition) is 3. The average Bonchev–Trinajstić information content (AvgIpc) is 2.94. The minimum atomic E-state index is 0.336. The van der Waals surface area contributed by atoms with Gasteiger partial charge in [0, 0.05) is 6.04 Å². The minimum absolute atomic E-state index is 0.336. The number of hydrogen-bond donors (Lipinski definition) is 2. The van der Waals surface area contributed by atoms with E-state index in [4.69, 9.17) is 4.74 Å². The molecule has 0 saturated carbocycles. The first-order valence-electron chi connectivity index (χ1n) is 6.14. The van der Waals surface area contributed by atoms with Gasteiger partial charge >= 0.3 is 0 Å². The zero-order chi connectivity index (χ0) is 11.7. The summed E-state index contributed by atoms with van der Waals surface area (Å²) >= 11 is 0. The Bertz CT molecular complexity index is 475. The maximum atomic E-state index is 5.55. The SMILES string of the molecule is CCNC1COCC1c1nc2ccccc2[nH]1. The molecule has 4 heteroatoms. The van der Waals surface area contributed by atoms with Crippen LogP contribution in [0.2, 0.25) is 0 Å². The molecule has 0 aliphatic carbocycles. The Morgan fingerprint density at radius 3 is 3.12 bits per heavy atom. The van der Waals surface area contributed by atoms with Crippen molar-refractivity contribution in [1.82, 2.24) is 15.3 Å². The van der Waals surface area contributed by atoms with Crippen LogP contribution in [-0.2, 0) is 4.74 Å². The largest absolute Gasteiger partial charge is 0.379 e. The molecule has 2 unspecified atom stereocenters. The molecule has 0 radical (unpaired) electrons. The fourth-order valence-corrected chi connectivity index (χ4v) is 2.44. The topological polar surface area (TPSA) is 49.9 Å². The van der Waals surface area contributed by atoms with E-state index in [-0.39, 0.29) is 0 Å². The second-order valence-electron chi connectivity index (χ2n) is 4.45. The van der Waals surface area contributed by atoms with Crippen LogP contribution >= 0.6 is 0 Å². The molecule has 0 bridgehead atoms. The molecule has 3 rings (SSSR count). The number of benzene rings is 1. The second-order valence-corrected chi connectivity index (χ2v) is 4.45. The van der Waals surface area contributed by atoms with Gasteiger partial charge in [0.05, 0.1) is 30.2 Å². The quantitative estimate of drug-likeness (QED) is 0.844. The molecule has 2 atom stereocenters. The predicted molar refractivity (Wildman–Crippen MR) is 67.1 cm³/mol. The molecule has 1 aromatic carbocycles. The average molecular weight is 231 g/mol. The van der Waals surface area contributed by atoms with E-state index >= 15 is 0 Å². The van der Waals surface area contributed by atoms with Crippen molar-refractivity contribution in [2.45, 2.75) is 18.9 Å². The van der Waals surface area contributed by atoms with Crippen LogP contribution in [-0.4, -0.2) is 35.8 Å². The molecule has 0 amide bonds. The third kappa shape index (κ3) is 1.94. The molecule has 0 spiro atoms. The van der Waals surface area contributed by atoms with Crippen LogP contribution in [0.25, 0.3) is 11.0 Å². The van der Waals surface area contributed by atoms with Gasteiger partial charge in [0.15, 0.2) is 0 Å². The summed E-state index contributed by atoms with van der Waals surface area (Å²) in [5, 5.41) is 3.45. The van der Waals surface area contributed by atoms with E-state index < -0.39 is 0 Å². The number of H-pyrrole nitrogens is 1. The first kappa shape index (κ1) is 10.7. The number of para-hydroxylation sites is 2. The third-order valence-corrected chi connectivity index (χ3v) is 3.31. The summed E-state index contributed by atoms with van der Waals surface area (Å²) < 4.78 is 5.55. The maximum absolute atomic E-state index is 5.55. The van der Waals surface area contributed by atoms with E-state index in [2.05, 4.69) is 28.3 Å². The van der Waals surface area contributed by atoms with E-state index in [1.807, 2.05) is 18.2 Å². The zero-order valence-electron chi connectivity index (χ0n) is 9.94. The van der Waals surface area contributed by atoms with E-state index in [1.165, 1.54) is 0 Å².